The second kappa shape index (κ2) is 8.75. The maximum atomic E-state index is 13.1. The van der Waals surface area contributed by atoms with Crippen LogP contribution in [0.3, 0.4) is 0 Å². The van der Waals surface area contributed by atoms with Crippen LogP contribution in [0.4, 0.5) is 8.78 Å². The number of hydrogen-bond acceptors (Lipinski definition) is 3. The summed E-state index contributed by atoms with van der Waals surface area (Å²) >= 11 is 3.09. The molecule has 0 aliphatic heterocycles. The van der Waals surface area contributed by atoms with E-state index in [1.165, 1.54) is 12.1 Å². The number of hydrogen-bond donors (Lipinski definition) is 2. The number of furan rings is 1. The largest absolute Gasteiger partial charge is 0.444 e. The highest BCUT2D eigenvalue weighted by atomic mass is 79.9. The van der Waals surface area contributed by atoms with E-state index < -0.39 is 17.5 Å². The van der Waals surface area contributed by atoms with E-state index in [9.17, 15) is 18.4 Å². The number of amides is 2. The van der Waals surface area contributed by atoms with E-state index in [1.54, 1.807) is 13.0 Å². The highest BCUT2D eigenvalue weighted by Crippen LogP contribution is 2.13. The lowest BCUT2D eigenvalue weighted by atomic mass is 10.1. The molecule has 5 nitrogen and oxygen atoms in total. The molecule has 0 spiro atoms. The Balaban J connectivity index is 1.72. The molecule has 1 unspecified atom stereocenters. The van der Waals surface area contributed by atoms with Gasteiger partial charge in [0.2, 0.25) is 5.91 Å². The van der Waals surface area contributed by atoms with E-state index in [4.69, 9.17) is 4.42 Å². The summed E-state index contributed by atoms with van der Waals surface area (Å²) in [6, 6.07) is 6.61. The van der Waals surface area contributed by atoms with Gasteiger partial charge in [0, 0.05) is 6.04 Å². The van der Waals surface area contributed by atoms with Crippen LogP contribution in [-0.2, 0) is 11.2 Å². The lowest BCUT2D eigenvalue weighted by Crippen LogP contribution is -2.41. The van der Waals surface area contributed by atoms with Crippen LogP contribution in [0.25, 0.3) is 0 Å². The highest BCUT2D eigenvalue weighted by molar-refractivity contribution is 9.10. The van der Waals surface area contributed by atoms with Crippen molar-refractivity contribution in [3.05, 3.63) is 58.0 Å². The molecule has 1 heterocycles. The predicted molar refractivity (Wildman–Crippen MR) is 91.0 cm³/mol. The molecule has 134 valence electrons. The van der Waals surface area contributed by atoms with Gasteiger partial charge in [-0.05, 0) is 65.5 Å². The number of halogens is 3. The van der Waals surface area contributed by atoms with Crippen molar-refractivity contribution < 1.29 is 22.8 Å². The predicted octanol–water partition coefficient (Wildman–Crippen LogP) is 3.19. The normalized spacial score (nSPS) is 11.8. The van der Waals surface area contributed by atoms with Crippen molar-refractivity contribution >= 4 is 27.7 Å². The second-order valence-electron chi connectivity index (χ2n) is 5.54. The van der Waals surface area contributed by atoms with Gasteiger partial charge in [-0.1, -0.05) is 6.07 Å². The minimum absolute atomic E-state index is 0.103. The van der Waals surface area contributed by atoms with Gasteiger partial charge < -0.3 is 15.1 Å². The summed E-state index contributed by atoms with van der Waals surface area (Å²) in [7, 11) is 0. The van der Waals surface area contributed by atoms with Gasteiger partial charge in [0.25, 0.3) is 5.91 Å². The lowest BCUT2D eigenvalue weighted by molar-refractivity contribution is -0.120. The summed E-state index contributed by atoms with van der Waals surface area (Å²) in [5.74, 6) is -2.51. The monoisotopic (exact) mass is 414 g/mol. The van der Waals surface area contributed by atoms with Gasteiger partial charge in [0.1, 0.15) is 0 Å². The van der Waals surface area contributed by atoms with Crippen molar-refractivity contribution in [3.8, 4) is 0 Å². The number of benzene rings is 1. The molecule has 0 bridgehead atoms. The first-order valence-corrected chi connectivity index (χ1v) is 8.41. The SMILES string of the molecule is CC(CCc1ccc(F)c(F)c1)NC(=O)CNC(=O)c1ccc(Br)o1. The molecule has 0 saturated heterocycles. The van der Waals surface area contributed by atoms with Gasteiger partial charge in [-0.2, -0.15) is 0 Å². The lowest BCUT2D eigenvalue weighted by Gasteiger charge is -2.14. The number of rotatable bonds is 7. The van der Waals surface area contributed by atoms with Crippen LogP contribution >= 0.6 is 15.9 Å². The molecule has 0 aliphatic carbocycles. The molecule has 1 aromatic heterocycles. The molecule has 2 aromatic rings. The molecule has 2 rings (SSSR count). The van der Waals surface area contributed by atoms with E-state index in [0.29, 0.717) is 23.1 Å². The van der Waals surface area contributed by atoms with Gasteiger partial charge >= 0.3 is 0 Å². The fraction of sp³-hybridized carbons (Fsp3) is 0.294. The van der Waals surface area contributed by atoms with Gasteiger partial charge in [-0.25, -0.2) is 8.78 Å². The van der Waals surface area contributed by atoms with Crippen molar-refractivity contribution in [3.63, 3.8) is 0 Å². The van der Waals surface area contributed by atoms with Gasteiger partial charge in [0.05, 0.1) is 6.54 Å². The minimum atomic E-state index is -0.888. The fourth-order valence-corrected chi connectivity index (χ4v) is 2.47. The summed E-state index contributed by atoms with van der Waals surface area (Å²) < 4.78 is 31.5. The highest BCUT2D eigenvalue weighted by Gasteiger charge is 2.13. The Hall–Kier alpha value is -2.22. The number of aryl methyl sites for hydroxylation is 1. The first-order valence-electron chi connectivity index (χ1n) is 7.62. The molecular weight excluding hydrogens is 398 g/mol. The molecule has 0 radical (unpaired) electrons. The smallest absolute Gasteiger partial charge is 0.287 e. The van der Waals surface area contributed by atoms with Crippen molar-refractivity contribution in [1.82, 2.24) is 10.6 Å². The molecule has 2 amide bonds. The fourth-order valence-electron chi connectivity index (χ4n) is 2.16. The molecule has 8 heteroatoms. The standard InChI is InChI=1S/C17H17BrF2N2O3/c1-10(2-3-11-4-5-12(19)13(20)8-11)22-16(23)9-21-17(24)14-6-7-15(18)25-14/h4-8,10H,2-3,9H2,1H3,(H,21,24)(H,22,23). The Morgan fingerprint density at radius 3 is 2.60 bits per heavy atom. The minimum Gasteiger partial charge on any atom is -0.444 e. The van der Waals surface area contributed by atoms with Crippen LogP contribution in [0.15, 0.2) is 39.4 Å². The van der Waals surface area contributed by atoms with E-state index in [0.717, 1.165) is 12.1 Å². The summed E-state index contributed by atoms with van der Waals surface area (Å²) in [5.41, 5.74) is 0.650. The Morgan fingerprint density at radius 2 is 1.96 bits per heavy atom. The molecular formula is C17H17BrF2N2O3. The van der Waals surface area contributed by atoms with E-state index in [-0.39, 0.29) is 24.3 Å². The molecule has 1 aromatic carbocycles. The summed E-state index contributed by atoms with van der Waals surface area (Å²) in [6.45, 7) is 1.61. The molecule has 25 heavy (non-hydrogen) atoms. The Kier molecular flexibility index (Phi) is 6.69. The molecule has 0 aliphatic rings. The molecule has 1 atom stereocenters. The summed E-state index contributed by atoms with van der Waals surface area (Å²) in [5, 5.41) is 5.17. The van der Waals surface area contributed by atoms with Crippen LogP contribution in [0.1, 0.15) is 29.5 Å². The maximum absolute atomic E-state index is 13.1. The van der Waals surface area contributed by atoms with Crippen LogP contribution in [-0.4, -0.2) is 24.4 Å². The zero-order valence-electron chi connectivity index (χ0n) is 13.4. The molecule has 0 fully saturated rings. The first kappa shape index (κ1) is 19.1. The Labute approximate surface area is 151 Å². The first-order chi connectivity index (χ1) is 11.8. The van der Waals surface area contributed by atoms with E-state index in [2.05, 4.69) is 26.6 Å². The van der Waals surface area contributed by atoms with Crippen LogP contribution in [0.2, 0.25) is 0 Å². The number of nitrogens with one attached hydrogen (secondary N) is 2. The zero-order chi connectivity index (χ0) is 18.4. The van der Waals surface area contributed by atoms with Crippen LogP contribution in [0, 0.1) is 11.6 Å². The Bertz CT molecular complexity index is 764. The van der Waals surface area contributed by atoms with Gasteiger partial charge in [-0.3, -0.25) is 9.59 Å². The summed E-state index contributed by atoms with van der Waals surface area (Å²) in [4.78, 5) is 23.6. The van der Waals surface area contributed by atoms with Crippen molar-refractivity contribution in [1.29, 1.82) is 0 Å². The third-order valence-corrected chi connectivity index (χ3v) is 3.89. The zero-order valence-corrected chi connectivity index (χ0v) is 15.0. The topological polar surface area (TPSA) is 71.3 Å². The van der Waals surface area contributed by atoms with Crippen LogP contribution in [0.5, 0.6) is 0 Å². The molecule has 0 saturated carbocycles. The van der Waals surface area contributed by atoms with E-state index >= 15 is 0 Å². The second-order valence-corrected chi connectivity index (χ2v) is 6.32. The van der Waals surface area contributed by atoms with Gasteiger partial charge in [-0.15, -0.1) is 0 Å². The third kappa shape index (κ3) is 5.97. The average molecular weight is 415 g/mol. The number of carbonyl (C=O) groups excluding carboxylic acids is 2. The third-order valence-electron chi connectivity index (χ3n) is 3.46. The maximum Gasteiger partial charge on any atom is 0.287 e. The summed E-state index contributed by atoms with van der Waals surface area (Å²) in [6.07, 6.45) is 1.04. The van der Waals surface area contributed by atoms with Gasteiger partial charge in [0.15, 0.2) is 22.1 Å². The van der Waals surface area contributed by atoms with Crippen molar-refractivity contribution in [2.75, 3.05) is 6.54 Å². The van der Waals surface area contributed by atoms with Crippen molar-refractivity contribution in [2.24, 2.45) is 0 Å². The Morgan fingerprint density at radius 1 is 1.20 bits per heavy atom. The number of carbonyl (C=O) groups is 2. The van der Waals surface area contributed by atoms with Crippen molar-refractivity contribution in [2.45, 2.75) is 25.8 Å². The molecule has 2 N–H and O–H groups in total. The van der Waals surface area contributed by atoms with Crippen LogP contribution < -0.4 is 10.6 Å². The van der Waals surface area contributed by atoms with E-state index in [1.807, 2.05) is 0 Å². The average Bonchev–Trinajstić information content (AvgIpc) is 3.00. The quantitative estimate of drug-likeness (QED) is 0.730.